The van der Waals surface area contributed by atoms with Crippen LogP contribution in [0.3, 0.4) is 0 Å². The highest BCUT2D eigenvalue weighted by molar-refractivity contribution is 6.04. The van der Waals surface area contributed by atoms with Crippen molar-refractivity contribution in [3.8, 4) is 0 Å². The SMILES string of the molecule is NC1=NC(Cc2ccc(C(=O)Nc3ccccc3)cc2)CO1. The van der Waals surface area contributed by atoms with E-state index in [0.29, 0.717) is 12.2 Å². The Morgan fingerprint density at radius 1 is 1.18 bits per heavy atom. The third-order valence-electron chi connectivity index (χ3n) is 3.45. The van der Waals surface area contributed by atoms with Crippen molar-refractivity contribution >= 4 is 17.6 Å². The summed E-state index contributed by atoms with van der Waals surface area (Å²) in [4.78, 5) is 16.3. The highest BCUT2D eigenvalue weighted by Crippen LogP contribution is 2.13. The summed E-state index contributed by atoms with van der Waals surface area (Å²) in [5.41, 5.74) is 8.00. The minimum Gasteiger partial charge on any atom is -0.463 e. The average molecular weight is 295 g/mol. The molecule has 3 N–H and O–H groups in total. The molecule has 1 atom stereocenters. The first-order valence-electron chi connectivity index (χ1n) is 7.12. The zero-order valence-corrected chi connectivity index (χ0v) is 12.0. The number of hydrogen-bond donors (Lipinski definition) is 2. The van der Waals surface area contributed by atoms with Gasteiger partial charge in [0, 0.05) is 11.3 Å². The van der Waals surface area contributed by atoms with Crippen molar-refractivity contribution in [3.05, 3.63) is 65.7 Å². The molecule has 1 unspecified atom stereocenters. The van der Waals surface area contributed by atoms with Crippen molar-refractivity contribution in [2.45, 2.75) is 12.5 Å². The molecule has 22 heavy (non-hydrogen) atoms. The third kappa shape index (κ3) is 3.44. The van der Waals surface area contributed by atoms with Crippen LogP contribution in [0, 0.1) is 0 Å². The van der Waals surface area contributed by atoms with E-state index in [1.54, 1.807) is 0 Å². The quantitative estimate of drug-likeness (QED) is 0.907. The topological polar surface area (TPSA) is 76.7 Å². The van der Waals surface area contributed by atoms with Gasteiger partial charge in [0.25, 0.3) is 11.9 Å². The van der Waals surface area contributed by atoms with Crippen LogP contribution >= 0.6 is 0 Å². The Kier molecular flexibility index (Phi) is 4.05. The summed E-state index contributed by atoms with van der Waals surface area (Å²) < 4.78 is 5.13. The molecule has 2 aromatic rings. The van der Waals surface area contributed by atoms with Crippen LogP contribution in [-0.4, -0.2) is 24.6 Å². The molecule has 1 heterocycles. The normalized spacial score (nSPS) is 16.7. The molecule has 5 nitrogen and oxygen atoms in total. The number of hydrogen-bond acceptors (Lipinski definition) is 4. The van der Waals surface area contributed by atoms with Gasteiger partial charge < -0.3 is 15.8 Å². The van der Waals surface area contributed by atoms with Gasteiger partial charge in [-0.25, -0.2) is 4.99 Å². The summed E-state index contributed by atoms with van der Waals surface area (Å²) in [5, 5.41) is 2.86. The van der Waals surface area contributed by atoms with Crippen LogP contribution in [-0.2, 0) is 11.2 Å². The molecular weight excluding hydrogens is 278 g/mol. The van der Waals surface area contributed by atoms with Gasteiger partial charge in [0.05, 0.1) is 6.04 Å². The molecule has 3 rings (SSSR count). The van der Waals surface area contributed by atoms with Gasteiger partial charge in [-0.3, -0.25) is 4.79 Å². The summed E-state index contributed by atoms with van der Waals surface area (Å²) >= 11 is 0. The average Bonchev–Trinajstić information content (AvgIpc) is 2.94. The number of para-hydroxylation sites is 1. The van der Waals surface area contributed by atoms with Gasteiger partial charge in [0.2, 0.25) is 0 Å². The largest absolute Gasteiger partial charge is 0.463 e. The maximum Gasteiger partial charge on any atom is 0.282 e. The van der Waals surface area contributed by atoms with Crippen molar-refractivity contribution in [1.29, 1.82) is 0 Å². The van der Waals surface area contributed by atoms with E-state index in [1.807, 2.05) is 54.6 Å². The third-order valence-corrected chi connectivity index (χ3v) is 3.45. The van der Waals surface area contributed by atoms with E-state index in [2.05, 4.69) is 10.3 Å². The number of amidine groups is 1. The fourth-order valence-corrected chi connectivity index (χ4v) is 2.33. The predicted octanol–water partition coefficient (Wildman–Crippen LogP) is 2.19. The maximum absolute atomic E-state index is 12.1. The smallest absolute Gasteiger partial charge is 0.282 e. The number of nitrogens with zero attached hydrogens (tertiary/aromatic N) is 1. The Morgan fingerprint density at radius 2 is 1.91 bits per heavy atom. The van der Waals surface area contributed by atoms with E-state index in [-0.39, 0.29) is 18.0 Å². The lowest BCUT2D eigenvalue weighted by molar-refractivity contribution is 0.102. The highest BCUT2D eigenvalue weighted by Gasteiger charge is 2.17. The minimum atomic E-state index is -0.121. The maximum atomic E-state index is 12.1. The van der Waals surface area contributed by atoms with E-state index < -0.39 is 0 Å². The van der Waals surface area contributed by atoms with Gasteiger partial charge in [-0.05, 0) is 36.2 Å². The summed E-state index contributed by atoms with van der Waals surface area (Å²) in [6.45, 7) is 0.516. The van der Waals surface area contributed by atoms with Crippen molar-refractivity contribution < 1.29 is 9.53 Å². The second-order valence-corrected chi connectivity index (χ2v) is 5.15. The Balaban J connectivity index is 1.62. The number of ether oxygens (including phenoxy) is 1. The first-order chi connectivity index (χ1) is 10.7. The molecule has 0 bridgehead atoms. The van der Waals surface area contributed by atoms with Crippen LogP contribution < -0.4 is 11.1 Å². The van der Waals surface area contributed by atoms with E-state index in [0.717, 1.165) is 17.7 Å². The number of nitrogens with one attached hydrogen (secondary N) is 1. The second kappa shape index (κ2) is 6.30. The monoisotopic (exact) mass is 295 g/mol. The van der Waals surface area contributed by atoms with E-state index in [1.165, 1.54) is 0 Å². The molecule has 5 heteroatoms. The van der Waals surface area contributed by atoms with Gasteiger partial charge in [-0.2, -0.15) is 0 Å². The lowest BCUT2D eigenvalue weighted by Crippen LogP contribution is -2.13. The van der Waals surface area contributed by atoms with Gasteiger partial charge in [-0.15, -0.1) is 0 Å². The van der Waals surface area contributed by atoms with Gasteiger partial charge in [0.15, 0.2) is 0 Å². The summed E-state index contributed by atoms with van der Waals surface area (Å²) in [7, 11) is 0. The van der Waals surface area contributed by atoms with Crippen LogP contribution in [0.25, 0.3) is 0 Å². The van der Waals surface area contributed by atoms with Crippen LogP contribution in [0.5, 0.6) is 0 Å². The minimum absolute atomic E-state index is 0.0593. The van der Waals surface area contributed by atoms with Crippen LogP contribution in [0.4, 0.5) is 5.69 Å². The van der Waals surface area contributed by atoms with Gasteiger partial charge >= 0.3 is 0 Å². The molecule has 0 radical (unpaired) electrons. The van der Waals surface area contributed by atoms with Crippen molar-refractivity contribution in [3.63, 3.8) is 0 Å². The predicted molar refractivity (Wildman–Crippen MR) is 85.9 cm³/mol. The first kappa shape index (κ1) is 14.1. The number of amides is 1. The Bertz CT molecular complexity index is 681. The number of aliphatic imine (C=N–C) groups is 1. The molecule has 1 aliphatic rings. The lowest BCUT2D eigenvalue weighted by atomic mass is 10.0. The second-order valence-electron chi connectivity index (χ2n) is 5.15. The molecule has 2 aromatic carbocycles. The molecule has 0 fully saturated rings. The molecule has 0 saturated heterocycles. The molecule has 0 aromatic heterocycles. The number of benzene rings is 2. The molecule has 1 amide bonds. The summed E-state index contributed by atoms with van der Waals surface area (Å²) in [6, 6.07) is 17.2. The number of nitrogens with two attached hydrogens (primary N) is 1. The van der Waals surface area contributed by atoms with Gasteiger partial charge in [0.1, 0.15) is 6.61 Å². The molecule has 1 aliphatic heterocycles. The Labute approximate surface area is 128 Å². The number of rotatable bonds is 4. The lowest BCUT2D eigenvalue weighted by Gasteiger charge is -2.07. The van der Waals surface area contributed by atoms with E-state index in [9.17, 15) is 4.79 Å². The Hall–Kier alpha value is -2.82. The van der Waals surface area contributed by atoms with Crippen molar-refractivity contribution in [2.75, 3.05) is 11.9 Å². The van der Waals surface area contributed by atoms with Gasteiger partial charge in [-0.1, -0.05) is 30.3 Å². The highest BCUT2D eigenvalue weighted by atomic mass is 16.5. The number of carbonyl (C=O) groups excluding carboxylic acids is 1. The fourth-order valence-electron chi connectivity index (χ4n) is 2.33. The standard InChI is InChI=1S/C17H17N3O2/c18-17-20-15(11-22-17)10-12-6-8-13(9-7-12)16(21)19-14-4-2-1-3-5-14/h1-9,15H,10-11H2,(H2,18,20)(H,19,21). The van der Waals surface area contributed by atoms with Crippen molar-refractivity contribution in [2.24, 2.45) is 10.7 Å². The van der Waals surface area contributed by atoms with Crippen LogP contribution in [0.1, 0.15) is 15.9 Å². The molecule has 0 spiro atoms. The fraction of sp³-hybridized carbons (Fsp3) is 0.176. The summed E-state index contributed by atoms with van der Waals surface area (Å²) in [5.74, 6) is -0.121. The van der Waals surface area contributed by atoms with Crippen LogP contribution in [0.2, 0.25) is 0 Å². The molecule has 0 saturated carbocycles. The number of anilines is 1. The zero-order chi connectivity index (χ0) is 15.4. The zero-order valence-electron chi connectivity index (χ0n) is 12.0. The van der Waals surface area contributed by atoms with E-state index >= 15 is 0 Å². The molecule has 0 aliphatic carbocycles. The first-order valence-corrected chi connectivity index (χ1v) is 7.12. The van der Waals surface area contributed by atoms with E-state index in [4.69, 9.17) is 10.5 Å². The number of carbonyl (C=O) groups is 1. The van der Waals surface area contributed by atoms with Crippen molar-refractivity contribution in [1.82, 2.24) is 0 Å². The molecular formula is C17H17N3O2. The van der Waals surface area contributed by atoms with Crippen LogP contribution in [0.15, 0.2) is 59.6 Å². The summed E-state index contributed by atoms with van der Waals surface area (Å²) in [6.07, 6.45) is 0.751. The molecule has 112 valence electrons. The Morgan fingerprint density at radius 3 is 2.55 bits per heavy atom.